The predicted molar refractivity (Wildman–Crippen MR) is 187 cm³/mol. The lowest BCUT2D eigenvalue weighted by Crippen LogP contribution is -1.96. The smallest absolute Gasteiger partial charge is 0.231 e. The lowest BCUT2D eigenvalue weighted by molar-refractivity contribution is 0.653. The van der Waals surface area contributed by atoms with Gasteiger partial charge >= 0.3 is 0 Å². The molecule has 0 atom stereocenters. The van der Waals surface area contributed by atoms with Gasteiger partial charge in [-0.15, -0.1) is 11.3 Å². The standard InChI is InChI=1S/C40H23N3OS/c1-2-10-24(11-3-1)38-37-29-14-5-8-16-34(29)44-40(37)42-39(41-38)25-18-20-26(21-19-25)43-32-15-7-4-12-27(32)30-22-31-28-13-6-9-17-35(28)45-36(31)23-33(30)43/h1-23H. The van der Waals surface area contributed by atoms with Crippen LogP contribution in [0.4, 0.5) is 0 Å². The molecule has 0 bridgehead atoms. The molecule has 0 N–H and O–H groups in total. The van der Waals surface area contributed by atoms with E-state index in [1.807, 2.05) is 47.7 Å². The van der Waals surface area contributed by atoms with Gasteiger partial charge in [0, 0.05) is 53.1 Å². The van der Waals surface area contributed by atoms with Gasteiger partial charge < -0.3 is 8.98 Å². The van der Waals surface area contributed by atoms with Gasteiger partial charge in [0.1, 0.15) is 5.58 Å². The molecule has 0 aliphatic heterocycles. The first kappa shape index (κ1) is 24.6. The van der Waals surface area contributed by atoms with Crippen LogP contribution in [0.1, 0.15) is 0 Å². The van der Waals surface area contributed by atoms with Crippen LogP contribution in [0.2, 0.25) is 0 Å². The maximum Gasteiger partial charge on any atom is 0.231 e. The highest BCUT2D eigenvalue weighted by Gasteiger charge is 2.19. The highest BCUT2D eigenvalue weighted by Crippen LogP contribution is 2.41. The van der Waals surface area contributed by atoms with Gasteiger partial charge in [0.05, 0.1) is 22.1 Å². The Labute approximate surface area is 261 Å². The molecule has 0 spiro atoms. The van der Waals surface area contributed by atoms with Crippen LogP contribution in [0, 0.1) is 0 Å². The normalized spacial score (nSPS) is 12.0. The fourth-order valence-electron chi connectivity index (χ4n) is 6.78. The number of furan rings is 1. The molecule has 0 unspecified atom stereocenters. The second-order valence-electron chi connectivity index (χ2n) is 11.4. The van der Waals surface area contributed by atoms with Crippen molar-refractivity contribution in [1.29, 1.82) is 0 Å². The Morgan fingerprint density at radius 1 is 0.511 bits per heavy atom. The van der Waals surface area contributed by atoms with E-state index in [-0.39, 0.29) is 0 Å². The summed E-state index contributed by atoms with van der Waals surface area (Å²) in [6, 6.07) is 49.0. The van der Waals surface area contributed by atoms with Crippen molar-refractivity contribution in [2.24, 2.45) is 0 Å². The number of nitrogens with zero attached hydrogens (tertiary/aromatic N) is 3. The van der Waals surface area contributed by atoms with Crippen LogP contribution in [-0.2, 0) is 0 Å². The molecule has 0 radical (unpaired) electrons. The molecule has 0 saturated heterocycles. The molecule has 0 aliphatic rings. The molecule has 10 aromatic rings. The summed E-state index contributed by atoms with van der Waals surface area (Å²) in [4.78, 5) is 10.1. The van der Waals surface area contributed by atoms with E-state index in [2.05, 4.69) is 108 Å². The van der Waals surface area contributed by atoms with Crippen molar-refractivity contribution in [2.45, 2.75) is 0 Å². The number of rotatable bonds is 3. The van der Waals surface area contributed by atoms with E-state index in [9.17, 15) is 0 Å². The van der Waals surface area contributed by atoms with Crippen LogP contribution in [-0.4, -0.2) is 14.5 Å². The molecule has 4 heterocycles. The van der Waals surface area contributed by atoms with Gasteiger partial charge in [-0.2, -0.15) is 4.98 Å². The lowest BCUT2D eigenvalue weighted by Gasteiger charge is -2.10. The van der Waals surface area contributed by atoms with Gasteiger partial charge in [0.2, 0.25) is 5.71 Å². The Morgan fingerprint density at radius 3 is 2.11 bits per heavy atom. The zero-order valence-electron chi connectivity index (χ0n) is 23.9. The molecule has 6 aromatic carbocycles. The number of hydrogen-bond acceptors (Lipinski definition) is 4. The van der Waals surface area contributed by atoms with E-state index in [0.717, 1.165) is 38.9 Å². The van der Waals surface area contributed by atoms with Crippen molar-refractivity contribution in [3.05, 3.63) is 140 Å². The third kappa shape index (κ3) is 3.65. The fraction of sp³-hybridized carbons (Fsp3) is 0. The summed E-state index contributed by atoms with van der Waals surface area (Å²) in [5.41, 5.74) is 7.74. The van der Waals surface area contributed by atoms with Crippen molar-refractivity contribution in [3.8, 4) is 28.3 Å². The summed E-state index contributed by atoms with van der Waals surface area (Å²) in [5, 5.41) is 7.10. The number of para-hydroxylation sites is 2. The van der Waals surface area contributed by atoms with Gasteiger partial charge in [-0.1, -0.05) is 84.9 Å². The van der Waals surface area contributed by atoms with E-state index in [1.165, 1.54) is 42.0 Å². The maximum absolute atomic E-state index is 6.26. The second-order valence-corrected chi connectivity index (χ2v) is 12.5. The Kier molecular flexibility index (Phi) is 5.12. The fourth-order valence-corrected chi connectivity index (χ4v) is 7.90. The van der Waals surface area contributed by atoms with Gasteiger partial charge in [-0.25, -0.2) is 4.98 Å². The van der Waals surface area contributed by atoms with Crippen molar-refractivity contribution in [3.63, 3.8) is 0 Å². The van der Waals surface area contributed by atoms with Crippen molar-refractivity contribution >= 4 is 75.4 Å². The average molecular weight is 594 g/mol. The third-order valence-corrected chi connectivity index (χ3v) is 9.97. The topological polar surface area (TPSA) is 43.9 Å². The third-order valence-electron chi connectivity index (χ3n) is 8.84. The molecule has 10 rings (SSSR count). The lowest BCUT2D eigenvalue weighted by atomic mass is 10.1. The second kappa shape index (κ2) is 9.36. The van der Waals surface area contributed by atoms with Gasteiger partial charge in [-0.05, 0) is 54.6 Å². The summed E-state index contributed by atoms with van der Waals surface area (Å²) in [7, 11) is 0. The zero-order chi connectivity index (χ0) is 29.5. The Balaban J connectivity index is 1.16. The molecular weight excluding hydrogens is 571 g/mol. The first-order valence-electron chi connectivity index (χ1n) is 15.0. The van der Waals surface area contributed by atoms with E-state index in [1.54, 1.807) is 0 Å². The Hall–Kier alpha value is -5.78. The van der Waals surface area contributed by atoms with E-state index in [0.29, 0.717) is 11.5 Å². The first-order chi connectivity index (χ1) is 22.3. The summed E-state index contributed by atoms with van der Waals surface area (Å²) < 4.78 is 11.2. The highest BCUT2D eigenvalue weighted by atomic mass is 32.1. The molecule has 0 saturated carbocycles. The Morgan fingerprint density at radius 2 is 1.24 bits per heavy atom. The zero-order valence-corrected chi connectivity index (χ0v) is 24.8. The van der Waals surface area contributed by atoms with Gasteiger partial charge in [0.25, 0.3) is 0 Å². The SMILES string of the molecule is c1ccc(-c2nc(-c3ccc(-n4c5ccccc5c5cc6c(cc54)sc4ccccc46)cc3)nc3oc4ccccc4c23)cc1. The van der Waals surface area contributed by atoms with Crippen LogP contribution in [0.5, 0.6) is 0 Å². The molecule has 5 heteroatoms. The molecule has 0 aliphatic carbocycles. The minimum atomic E-state index is 0.596. The van der Waals surface area contributed by atoms with Gasteiger partial charge in [-0.3, -0.25) is 0 Å². The molecule has 45 heavy (non-hydrogen) atoms. The number of thiophene rings is 1. The van der Waals surface area contributed by atoms with Crippen molar-refractivity contribution in [2.75, 3.05) is 0 Å². The largest absolute Gasteiger partial charge is 0.438 e. The summed E-state index contributed by atoms with van der Waals surface area (Å²) in [6.07, 6.45) is 0. The summed E-state index contributed by atoms with van der Waals surface area (Å²) >= 11 is 1.85. The maximum atomic E-state index is 6.26. The predicted octanol–water partition coefficient (Wildman–Crippen LogP) is 11.2. The van der Waals surface area contributed by atoms with E-state index >= 15 is 0 Å². The van der Waals surface area contributed by atoms with Crippen LogP contribution in [0.25, 0.3) is 92.4 Å². The first-order valence-corrected chi connectivity index (χ1v) is 15.8. The van der Waals surface area contributed by atoms with Crippen LogP contribution in [0.15, 0.2) is 144 Å². The van der Waals surface area contributed by atoms with Crippen LogP contribution >= 0.6 is 11.3 Å². The number of hydrogen-bond donors (Lipinski definition) is 0. The minimum Gasteiger partial charge on any atom is -0.438 e. The van der Waals surface area contributed by atoms with E-state index < -0.39 is 0 Å². The molecule has 0 amide bonds. The quantitative estimate of drug-likeness (QED) is 0.205. The average Bonchev–Trinajstić information content (AvgIpc) is 3.76. The number of fused-ring (bicyclic) bond motifs is 9. The van der Waals surface area contributed by atoms with E-state index in [4.69, 9.17) is 14.4 Å². The van der Waals surface area contributed by atoms with Crippen molar-refractivity contribution in [1.82, 2.24) is 14.5 Å². The molecule has 210 valence electrons. The molecule has 4 aromatic heterocycles. The number of aromatic nitrogens is 3. The van der Waals surface area contributed by atoms with Crippen LogP contribution < -0.4 is 0 Å². The molecule has 0 fully saturated rings. The van der Waals surface area contributed by atoms with Crippen molar-refractivity contribution < 1.29 is 4.42 Å². The molecule has 4 nitrogen and oxygen atoms in total. The summed E-state index contributed by atoms with van der Waals surface area (Å²) in [6.45, 7) is 0. The highest BCUT2D eigenvalue weighted by molar-refractivity contribution is 7.25. The number of benzene rings is 6. The molecular formula is C40H23N3OS. The van der Waals surface area contributed by atoms with Gasteiger partial charge in [0.15, 0.2) is 5.82 Å². The van der Waals surface area contributed by atoms with Crippen LogP contribution in [0.3, 0.4) is 0 Å². The minimum absolute atomic E-state index is 0.596. The summed E-state index contributed by atoms with van der Waals surface area (Å²) in [5.74, 6) is 0.640. The monoisotopic (exact) mass is 593 g/mol. The Bertz CT molecular complexity index is 2750.